The summed E-state index contributed by atoms with van der Waals surface area (Å²) in [6.07, 6.45) is 0.545. The lowest BCUT2D eigenvalue weighted by Gasteiger charge is -2.10. The van der Waals surface area contributed by atoms with Crippen molar-refractivity contribution in [3.63, 3.8) is 0 Å². The van der Waals surface area contributed by atoms with Crippen LogP contribution in [0.15, 0.2) is 0 Å². The summed E-state index contributed by atoms with van der Waals surface area (Å²) in [5.74, 6) is 5.45. The molecule has 4 nitrogen and oxygen atoms in total. The predicted molar refractivity (Wildman–Crippen MR) is 48.7 cm³/mol. The molecule has 0 aromatic carbocycles. The van der Waals surface area contributed by atoms with Crippen LogP contribution < -0.4 is 4.72 Å². The molecule has 0 atom stereocenters. The molecule has 0 aliphatic heterocycles. The van der Waals surface area contributed by atoms with E-state index in [1.54, 1.807) is 6.92 Å². The van der Waals surface area contributed by atoms with Crippen molar-refractivity contribution in [1.29, 1.82) is 0 Å². The van der Waals surface area contributed by atoms with Crippen LogP contribution in [0.5, 0.6) is 0 Å². The van der Waals surface area contributed by atoms with Gasteiger partial charge in [0.25, 0.3) is 10.2 Å². The Labute approximate surface area is 74.1 Å². The van der Waals surface area contributed by atoms with Gasteiger partial charge >= 0.3 is 0 Å². The molecule has 0 rings (SSSR count). The van der Waals surface area contributed by atoms with E-state index in [-0.39, 0.29) is 0 Å². The van der Waals surface area contributed by atoms with Crippen molar-refractivity contribution in [3.8, 4) is 11.8 Å². The standard InChI is InChI=1S/C7H14N2O2S/c1-4-5-6-7-8-12(10,11)9(2)3/h8H,6-7H2,1-3H3. The smallest absolute Gasteiger partial charge is 0.201 e. The SMILES string of the molecule is CC#CCCNS(=O)(=O)N(C)C. The molecule has 0 saturated carbocycles. The van der Waals surface area contributed by atoms with E-state index in [1.807, 2.05) is 0 Å². The predicted octanol–water partition coefficient (Wildman–Crippen LogP) is -0.204. The van der Waals surface area contributed by atoms with Gasteiger partial charge in [-0.1, -0.05) is 0 Å². The van der Waals surface area contributed by atoms with Crippen LogP contribution in [-0.4, -0.2) is 33.4 Å². The zero-order valence-electron chi connectivity index (χ0n) is 7.59. The fourth-order valence-corrected chi connectivity index (χ4v) is 1.11. The highest BCUT2D eigenvalue weighted by Gasteiger charge is 2.10. The molecule has 0 radical (unpaired) electrons. The van der Waals surface area contributed by atoms with Gasteiger partial charge in [-0.3, -0.25) is 0 Å². The van der Waals surface area contributed by atoms with Crippen LogP contribution in [0.2, 0.25) is 0 Å². The van der Waals surface area contributed by atoms with E-state index in [0.29, 0.717) is 13.0 Å². The van der Waals surface area contributed by atoms with Gasteiger partial charge < -0.3 is 0 Å². The minimum Gasteiger partial charge on any atom is -0.201 e. The Hall–Kier alpha value is -0.570. The summed E-state index contributed by atoms with van der Waals surface area (Å²) in [5.41, 5.74) is 0. The van der Waals surface area contributed by atoms with E-state index in [9.17, 15) is 8.42 Å². The van der Waals surface area contributed by atoms with Crippen LogP contribution in [0.1, 0.15) is 13.3 Å². The molecule has 0 aromatic heterocycles. The molecular formula is C7H14N2O2S. The summed E-state index contributed by atoms with van der Waals surface area (Å²) in [5, 5.41) is 0. The Balaban J connectivity index is 3.83. The fraction of sp³-hybridized carbons (Fsp3) is 0.714. The van der Waals surface area contributed by atoms with Gasteiger partial charge in [0.1, 0.15) is 0 Å². The second-order valence-corrected chi connectivity index (χ2v) is 4.33. The van der Waals surface area contributed by atoms with Crippen molar-refractivity contribution in [2.24, 2.45) is 0 Å². The lowest BCUT2D eigenvalue weighted by molar-refractivity contribution is 0.506. The van der Waals surface area contributed by atoms with Gasteiger partial charge in [-0.25, -0.2) is 4.72 Å². The summed E-state index contributed by atoms with van der Waals surface area (Å²) in [4.78, 5) is 0. The van der Waals surface area contributed by atoms with Crippen molar-refractivity contribution in [1.82, 2.24) is 9.03 Å². The van der Waals surface area contributed by atoms with E-state index in [4.69, 9.17) is 0 Å². The first kappa shape index (κ1) is 11.4. The summed E-state index contributed by atoms with van der Waals surface area (Å²) < 4.78 is 25.6. The molecular weight excluding hydrogens is 176 g/mol. The van der Waals surface area contributed by atoms with Crippen molar-refractivity contribution in [3.05, 3.63) is 0 Å². The summed E-state index contributed by atoms with van der Waals surface area (Å²) in [6, 6.07) is 0. The average molecular weight is 190 g/mol. The number of rotatable bonds is 4. The molecule has 0 heterocycles. The maximum absolute atomic E-state index is 11.1. The quantitative estimate of drug-likeness (QED) is 0.493. The topological polar surface area (TPSA) is 49.4 Å². The fourth-order valence-electron chi connectivity index (χ4n) is 0.497. The zero-order valence-corrected chi connectivity index (χ0v) is 8.40. The van der Waals surface area contributed by atoms with Crippen LogP contribution >= 0.6 is 0 Å². The molecule has 0 aliphatic rings. The van der Waals surface area contributed by atoms with Crippen LogP contribution in [0, 0.1) is 11.8 Å². The molecule has 0 aromatic rings. The third-order valence-electron chi connectivity index (χ3n) is 1.19. The highest BCUT2D eigenvalue weighted by atomic mass is 32.2. The third kappa shape index (κ3) is 4.34. The molecule has 0 aliphatic carbocycles. The minimum absolute atomic E-state index is 0.362. The zero-order chi connectivity index (χ0) is 9.61. The summed E-state index contributed by atoms with van der Waals surface area (Å²) >= 11 is 0. The van der Waals surface area contributed by atoms with Crippen molar-refractivity contribution in [2.75, 3.05) is 20.6 Å². The van der Waals surface area contributed by atoms with E-state index in [2.05, 4.69) is 16.6 Å². The average Bonchev–Trinajstić information content (AvgIpc) is 1.98. The molecule has 12 heavy (non-hydrogen) atoms. The van der Waals surface area contributed by atoms with Gasteiger partial charge in [0.15, 0.2) is 0 Å². The Morgan fingerprint density at radius 1 is 1.42 bits per heavy atom. The van der Waals surface area contributed by atoms with E-state index in [0.717, 1.165) is 4.31 Å². The molecule has 0 bridgehead atoms. The van der Waals surface area contributed by atoms with Gasteiger partial charge in [-0.05, 0) is 6.92 Å². The third-order valence-corrected chi connectivity index (χ3v) is 2.72. The number of nitrogens with zero attached hydrogens (tertiary/aromatic N) is 1. The Morgan fingerprint density at radius 2 is 2.00 bits per heavy atom. The summed E-state index contributed by atoms with van der Waals surface area (Å²) in [7, 11) is -0.303. The van der Waals surface area contributed by atoms with Crippen LogP contribution in [0.25, 0.3) is 0 Å². The lowest BCUT2D eigenvalue weighted by atomic mass is 10.4. The van der Waals surface area contributed by atoms with Crippen molar-refractivity contribution >= 4 is 10.2 Å². The molecule has 0 spiro atoms. The molecule has 5 heteroatoms. The van der Waals surface area contributed by atoms with E-state index < -0.39 is 10.2 Å². The number of hydrogen-bond acceptors (Lipinski definition) is 2. The molecule has 0 fully saturated rings. The summed E-state index contributed by atoms with van der Waals surface area (Å²) in [6.45, 7) is 2.09. The van der Waals surface area contributed by atoms with Crippen LogP contribution in [0.3, 0.4) is 0 Å². The monoisotopic (exact) mass is 190 g/mol. The van der Waals surface area contributed by atoms with Crippen molar-refractivity contribution < 1.29 is 8.42 Å². The Kier molecular flexibility index (Phi) is 4.90. The molecule has 0 amide bonds. The molecule has 0 saturated heterocycles. The molecule has 70 valence electrons. The van der Waals surface area contributed by atoms with Crippen molar-refractivity contribution in [2.45, 2.75) is 13.3 Å². The second kappa shape index (κ2) is 5.14. The largest absolute Gasteiger partial charge is 0.278 e. The van der Waals surface area contributed by atoms with E-state index >= 15 is 0 Å². The van der Waals surface area contributed by atoms with Crippen LogP contribution in [0.4, 0.5) is 0 Å². The lowest BCUT2D eigenvalue weighted by Crippen LogP contribution is -2.35. The number of nitrogens with one attached hydrogen (secondary N) is 1. The Bertz CT molecular complexity index is 272. The maximum atomic E-state index is 11.1. The van der Waals surface area contributed by atoms with E-state index in [1.165, 1.54) is 14.1 Å². The molecule has 0 unspecified atom stereocenters. The van der Waals surface area contributed by atoms with Gasteiger partial charge in [0.05, 0.1) is 0 Å². The Morgan fingerprint density at radius 3 is 2.42 bits per heavy atom. The first-order chi connectivity index (χ1) is 5.50. The van der Waals surface area contributed by atoms with Gasteiger partial charge in [0, 0.05) is 27.1 Å². The highest BCUT2D eigenvalue weighted by Crippen LogP contribution is 1.87. The number of hydrogen-bond donors (Lipinski definition) is 1. The second-order valence-electron chi connectivity index (χ2n) is 2.36. The highest BCUT2D eigenvalue weighted by molar-refractivity contribution is 7.87. The first-order valence-corrected chi connectivity index (χ1v) is 5.01. The van der Waals surface area contributed by atoms with Gasteiger partial charge in [-0.15, -0.1) is 11.8 Å². The molecule has 1 N–H and O–H groups in total. The van der Waals surface area contributed by atoms with Gasteiger partial charge in [-0.2, -0.15) is 12.7 Å². The maximum Gasteiger partial charge on any atom is 0.278 e. The first-order valence-electron chi connectivity index (χ1n) is 3.57. The minimum atomic E-state index is -3.26. The van der Waals surface area contributed by atoms with Crippen LogP contribution in [-0.2, 0) is 10.2 Å². The van der Waals surface area contributed by atoms with Gasteiger partial charge in [0.2, 0.25) is 0 Å². The normalized spacial score (nSPS) is 11.0.